The smallest absolute Gasteiger partial charge is 0.243 e. The van der Waals surface area contributed by atoms with E-state index in [4.69, 9.17) is 23.2 Å². The van der Waals surface area contributed by atoms with Crippen LogP contribution in [0.5, 0.6) is 0 Å². The minimum atomic E-state index is -3.52. The molecule has 0 atom stereocenters. The van der Waals surface area contributed by atoms with Gasteiger partial charge in [0.25, 0.3) is 0 Å². The van der Waals surface area contributed by atoms with Gasteiger partial charge >= 0.3 is 0 Å². The van der Waals surface area contributed by atoms with Crippen molar-refractivity contribution in [2.45, 2.75) is 37.6 Å². The Bertz CT molecular complexity index is 621. The molecular formula is C16H24Cl2N2O2S. The monoisotopic (exact) mass is 378 g/mol. The molecule has 4 nitrogen and oxygen atoms in total. The molecule has 0 saturated carbocycles. The van der Waals surface area contributed by atoms with Crippen molar-refractivity contribution in [2.24, 2.45) is 5.92 Å². The molecule has 130 valence electrons. The normalized spacial score (nSPS) is 18.0. The first-order chi connectivity index (χ1) is 10.7. The van der Waals surface area contributed by atoms with Gasteiger partial charge in [0, 0.05) is 35.7 Å². The summed E-state index contributed by atoms with van der Waals surface area (Å²) in [7, 11) is -1.41. The molecule has 1 aliphatic rings. The Hall–Kier alpha value is -0.330. The Balaban J connectivity index is 2.04. The summed E-state index contributed by atoms with van der Waals surface area (Å²) in [6.45, 7) is 6.44. The average Bonchev–Trinajstić information content (AvgIpc) is 2.46. The highest BCUT2D eigenvalue weighted by molar-refractivity contribution is 7.89. The van der Waals surface area contributed by atoms with Crippen molar-refractivity contribution in [3.05, 3.63) is 28.2 Å². The molecule has 0 amide bonds. The second-order valence-electron chi connectivity index (χ2n) is 6.49. The first-order valence-corrected chi connectivity index (χ1v) is 10.1. The summed E-state index contributed by atoms with van der Waals surface area (Å²) in [6.07, 6.45) is 1.76. The highest BCUT2D eigenvalue weighted by atomic mass is 35.5. The minimum Gasteiger partial charge on any atom is -0.304 e. The van der Waals surface area contributed by atoms with Crippen LogP contribution >= 0.6 is 23.2 Å². The van der Waals surface area contributed by atoms with Gasteiger partial charge in [0.05, 0.1) is 4.90 Å². The number of piperidine rings is 1. The number of sulfonamides is 1. The van der Waals surface area contributed by atoms with Crippen LogP contribution in [0.3, 0.4) is 0 Å². The van der Waals surface area contributed by atoms with Crippen LogP contribution < -0.4 is 0 Å². The Kier molecular flexibility index (Phi) is 6.36. The first kappa shape index (κ1) is 19.0. The van der Waals surface area contributed by atoms with E-state index in [1.165, 1.54) is 18.2 Å². The average molecular weight is 379 g/mol. The van der Waals surface area contributed by atoms with Crippen LogP contribution in [0.1, 0.15) is 26.7 Å². The second-order valence-corrected chi connectivity index (χ2v) is 9.30. The summed E-state index contributed by atoms with van der Waals surface area (Å²) >= 11 is 11.9. The lowest BCUT2D eigenvalue weighted by molar-refractivity contribution is 0.182. The summed E-state index contributed by atoms with van der Waals surface area (Å²) in [5, 5.41) is 0.675. The third kappa shape index (κ3) is 4.83. The molecule has 0 N–H and O–H groups in total. The lowest BCUT2D eigenvalue weighted by Gasteiger charge is -2.34. The maximum atomic E-state index is 12.7. The molecule has 1 aliphatic heterocycles. The van der Waals surface area contributed by atoms with Crippen LogP contribution in [0, 0.1) is 5.92 Å². The fourth-order valence-corrected chi connectivity index (χ4v) is 4.97. The third-order valence-electron chi connectivity index (χ3n) is 4.48. The van der Waals surface area contributed by atoms with Crippen molar-refractivity contribution in [1.29, 1.82) is 0 Å². The van der Waals surface area contributed by atoms with Crippen molar-refractivity contribution in [1.82, 2.24) is 9.21 Å². The van der Waals surface area contributed by atoms with E-state index in [2.05, 4.69) is 25.8 Å². The van der Waals surface area contributed by atoms with E-state index in [9.17, 15) is 8.42 Å². The Morgan fingerprint density at radius 2 is 1.70 bits per heavy atom. The summed E-state index contributed by atoms with van der Waals surface area (Å²) in [4.78, 5) is 2.48. The molecule has 1 saturated heterocycles. The number of halogens is 2. The summed E-state index contributed by atoms with van der Waals surface area (Å²) in [5.41, 5.74) is 0. The van der Waals surface area contributed by atoms with E-state index < -0.39 is 10.0 Å². The number of benzene rings is 1. The molecule has 2 rings (SSSR count). The zero-order chi connectivity index (χ0) is 17.2. The standard InChI is InChI=1S/C16H24Cl2N2O2S/c1-12(2)19(3)11-13-4-6-20(7-5-13)23(21,22)16-9-14(17)8-15(18)10-16/h8-10,12-13H,4-7,11H2,1-3H3. The number of hydrogen-bond acceptors (Lipinski definition) is 3. The van der Waals surface area contributed by atoms with Crippen molar-refractivity contribution >= 4 is 33.2 Å². The lowest BCUT2D eigenvalue weighted by atomic mass is 9.97. The van der Waals surface area contributed by atoms with Gasteiger partial charge in [-0.2, -0.15) is 4.31 Å². The number of rotatable bonds is 5. The molecule has 0 unspecified atom stereocenters. The Morgan fingerprint density at radius 3 is 2.17 bits per heavy atom. The van der Waals surface area contributed by atoms with Gasteiger partial charge in [-0.3, -0.25) is 0 Å². The molecule has 0 aliphatic carbocycles. The maximum Gasteiger partial charge on any atom is 0.243 e. The van der Waals surface area contributed by atoms with Crippen LogP contribution in [0.25, 0.3) is 0 Å². The third-order valence-corrected chi connectivity index (χ3v) is 6.79. The van der Waals surface area contributed by atoms with E-state index in [1.807, 2.05) is 0 Å². The Labute approximate surface area is 149 Å². The molecular weight excluding hydrogens is 355 g/mol. The van der Waals surface area contributed by atoms with Crippen molar-refractivity contribution < 1.29 is 8.42 Å². The second kappa shape index (κ2) is 7.70. The molecule has 1 aromatic rings. The highest BCUT2D eigenvalue weighted by Crippen LogP contribution is 2.28. The van der Waals surface area contributed by atoms with Gasteiger partial charge in [-0.05, 0) is 57.9 Å². The van der Waals surface area contributed by atoms with Crippen LogP contribution in [-0.2, 0) is 10.0 Å². The SMILES string of the molecule is CC(C)N(C)CC1CCN(S(=O)(=O)c2cc(Cl)cc(Cl)c2)CC1. The molecule has 0 bridgehead atoms. The van der Waals surface area contributed by atoms with E-state index in [1.54, 1.807) is 4.31 Å². The van der Waals surface area contributed by atoms with Crippen LogP contribution in [0.15, 0.2) is 23.1 Å². The van der Waals surface area contributed by atoms with Gasteiger partial charge in [-0.25, -0.2) is 8.42 Å². The topological polar surface area (TPSA) is 40.6 Å². The van der Waals surface area contributed by atoms with Gasteiger partial charge < -0.3 is 4.90 Å². The van der Waals surface area contributed by atoms with Gasteiger partial charge in [0.2, 0.25) is 10.0 Å². The molecule has 0 aromatic heterocycles. The van der Waals surface area contributed by atoms with Gasteiger partial charge in [0.1, 0.15) is 0 Å². The van der Waals surface area contributed by atoms with Crippen LogP contribution in [-0.4, -0.2) is 50.3 Å². The molecule has 1 aromatic carbocycles. The van der Waals surface area contributed by atoms with Crippen molar-refractivity contribution in [3.8, 4) is 0 Å². The zero-order valence-corrected chi connectivity index (χ0v) is 16.1. The quantitative estimate of drug-likeness (QED) is 0.783. The van der Waals surface area contributed by atoms with Crippen molar-refractivity contribution in [2.75, 3.05) is 26.7 Å². The molecule has 0 spiro atoms. The fraction of sp³-hybridized carbons (Fsp3) is 0.625. The number of hydrogen-bond donors (Lipinski definition) is 0. The predicted octanol–water partition coefficient (Wildman–Crippen LogP) is 3.73. The lowest BCUT2D eigenvalue weighted by Crippen LogP contribution is -2.42. The predicted molar refractivity (Wildman–Crippen MR) is 95.7 cm³/mol. The molecule has 0 radical (unpaired) electrons. The van der Waals surface area contributed by atoms with Gasteiger partial charge in [-0.15, -0.1) is 0 Å². The number of nitrogens with zero attached hydrogens (tertiary/aromatic N) is 2. The van der Waals surface area contributed by atoms with Crippen LogP contribution in [0.4, 0.5) is 0 Å². The highest BCUT2D eigenvalue weighted by Gasteiger charge is 2.30. The van der Waals surface area contributed by atoms with Crippen molar-refractivity contribution in [3.63, 3.8) is 0 Å². The molecule has 1 heterocycles. The maximum absolute atomic E-state index is 12.7. The van der Waals surface area contributed by atoms with Gasteiger partial charge in [0.15, 0.2) is 0 Å². The van der Waals surface area contributed by atoms with E-state index in [0.717, 1.165) is 19.4 Å². The summed E-state index contributed by atoms with van der Waals surface area (Å²) < 4.78 is 27.0. The Morgan fingerprint density at radius 1 is 1.17 bits per heavy atom. The van der Waals surface area contributed by atoms with E-state index in [0.29, 0.717) is 35.1 Å². The molecule has 1 fully saturated rings. The summed E-state index contributed by atoms with van der Waals surface area (Å²) in [5.74, 6) is 0.539. The molecule has 23 heavy (non-hydrogen) atoms. The van der Waals surface area contributed by atoms with E-state index >= 15 is 0 Å². The van der Waals surface area contributed by atoms with E-state index in [-0.39, 0.29) is 4.90 Å². The van der Waals surface area contributed by atoms with Crippen LogP contribution in [0.2, 0.25) is 10.0 Å². The fourth-order valence-electron chi connectivity index (χ4n) is 2.78. The zero-order valence-electron chi connectivity index (χ0n) is 13.8. The first-order valence-electron chi connectivity index (χ1n) is 7.86. The molecule has 7 heteroatoms. The van der Waals surface area contributed by atoms with Gasteiger partial charge in [-0.1, -0.05) is 23.2 Å². The minimum absolute atomic E-state index is 0.174. The largest absolute Gasteiger partial charge is 0.304 e. The summed E-state index contributed by atoms with van der Waals surface area (Å²) in [6, 6.07) is 4.96.